The molecule has 0 radical (unpaired) electrons. The molecule has 1 aromatic heterocycles. The van der Waals surface area contributed by atoms with Gasteiger partial charge in [-0.3, -0.25) is 4.98 Å². The van der Waals surface area contributed by atoms with Crippen LogP contribution in [-0.4, -0.2) is 23.7 Å². The molecule has 0 spiro atoms. The molecule has 0 atom stereocenters. The van der Waals surface area contributed by atoms with Crippen molar-refractivity contribution in [3.8, 4) is 0 Å². The molecule has 0 bridgehead atoms. The molecule has 0 saturated carbocycles. The highest BCUT2D eigenvalue weighted by Gasteiger charge is 2.03. The monoisotopic (exact) mass is 287 g/mol. The standard InChI is InChI=1S/C15H17N3OS/c1-19-9-8-11-4-2-3-5-13(11)18-12-6-7-14(15(16)20)17-10-12/h2-7,10,18H,8-9H2,1H3,(H2,16,20). The van der Waals surface area contributed by atoms with Crippen molar-refractivity contribution in [2.75, 3.05) is 19.0 Å². The van der Waals surface area contributed by atoms with Crippen molar-refractivity contribution < 1.29 is 4.74 Å². The molecule has 0 unspecified atom stereocenters. The van der Waals surface area contributed by atoms with Crippen LogP contribution in [0.25, 0.3) is 0 Å². The second-order valence-corrected chi connectivity index (χ2v) is 4.76. The Morgan fingerprint density at radius 1 is 1.30 bits per heavy atom. The van der Waals surface area contributed by atoms with Gasteiger partial charge in [-0.1, -0.05) is 30.4 Å². The molecule has 0 aliphatic heterocycles. The maximum atomic E-state index is 5.53. The Morgan fingerprint density at radius 3 is 2.75 bits per heavy atom. The third kappa shape index (κ3) is 3.76. The quantitative estimate of drug-likeness (QED) is 0.800. The van der Waals surface area contributed by atoms with Crippen molar-refractivity contribution in [2.45, 2.75) is 6.42 Å². The zero-order valence-corrected chi connectivity index (χ0v) is 12.1. The Labute approximate surface area is 124 Å². The van der Waals surface area contributed by atoms with E-state index in [2.05, 4.69) is 16.4 Å². The summed E-state index contributed by atoms with van der Waals surface area (Å²) < 4.78 is 5.12. The summed E-state index contributed by atoms with van der Waals surface area (Å²) in [4.78, 5) is 4.52. The van der Waals surface area contributed by atoms with Gasteiger partial charge in [0.1, 0.15) is 4.99 Å². The van der Waals surface area contributed by atoms with E-state index in [-0.39, 0.29) is 0 Å². The lowest BCUT2D eigenvalue weighted by molar-refractivity contribution is 0.202. The van der Waals surface area contributed by atoms with Crippen molar-refractivity contribution >= 4 is 28.6 Å². The third-order valence-electron chi connectivity index (χ3n) is 2.89. The fourth-order valence-electron chi connectivity index (χ4n) is 1.84. The first-order chi connectivity index (χ1) is 9.70. The lowest BCUT2D eigenvalue weighted by Gasteiger charge is -2.12. The van der Waals surface area contributed by atoms with E-state index in [0.717, 1.165) is 17.8 Å². The molecule has 1 heterocycles. The number of nitrogens with one attached hydrogen (secondary N) is 1. The summed E-state index contributed by atoms with van der Waals surface area (Å²) >= 11 is 4.88. The summed E-state index contributed by atoms with van der Waals surface area (Å²) in [6.45, 7) is 0.692. The minimum Gasteiger partial charge on any atom is -0.388 e. The first-order valence-electron chi connectivity index (χ1n) is 6.30. The third-order valence-corrected chi connectivity index (χ3v) is 3.10. The Hall–Kier alpha value is -1.98. The van der Waals surface area contributed by atoms with Crippen LogP contribution in [0.2, 0.25) is 0 Å². The topological polar surface area (TPSA) is 60.2 Å². The van der Waals surface area contributed by atoms with Gasteiger partial charge in [-0.15, -0.1) is 0 Å². The van der Waals surface area contributed by atoms with Crippen LogP contribution in [0.5, 0.6) is 0 Å². The molecule has 3 N–H and O–H groups in total. The summed E-state index contributed by atoms with van der Waals surface area (Å²) in [6.07, 6.45) is 2.58. The molecule has 104 valence electrons. The van der Waals surface area contributed by atoms with E-state index in [1.807, 2.05) is 30.3 Å². The normalized spacial score (nSPS) is 10.2. The van der Waals surface area contributed by atoms with Gasteiger partial charge in [0.2, 0.25) is 0 Å². The van der Waals surface area contributed by atoms with Crippen molar-refractivity contribution in [1.82, 2.24) is 4.98 Å². The largest absolute Gasteiger partial charge is 0.388 e. The van der Waals surface area contributed by atoms with E-state index in [0.29, 0.717) is 17.3 Å². The number of anilines is 2. The molecular formula is C15H17N3OS. The summed E-state index contributed by atoms with van der Waals surface area (Å²) in [6, 6.07) is 11.8. The summed E-state index contributed by atoms with van der Waals surface area (Å²) in [7, 11) is 1.70. The van der Waals surface area contributed by atoms with Crippen LogP contribution in [0, 0.1) is 0 Å². The second-order valence-electron chi connectivity index (χ2n) is 4.32. The molecule has 0 fully saturated rings. The number of benzene rings is 1. The van der Waals surface area contributed by atoms with Gasteiger partial charge in [0.25, 0.3) is 0 Å². The van der Waals surface area contributed by atoms with Gasteiger partial charge < -0.3 is 15.8 Å². The number of thiocarbonyl (C=S) groups is 1. The van der Waals surface area contributed by atoms with Crippen LogP contribution in [0.15, 0.2) is 42.6 Å². The number of hydrogen-bond acceptors (Lipinski definition) is 4. The molecule has 5 heteroatoms. The minimum atomic E-state index is 0.303. The highest BCUT2D eigenvalue weighted by Crippen LogP contribution is 2.21. The summed E-state index contributed by atoms with van der Waals surface area (Å²) in [5.41, 5.74) is 9.30. The molecule has 2 rings (SSSR count). The minimum absolute atomic E-state index is 0.303. The summed E-state index contributed by atoms with van der Waals surface area (Å²) in [5, 5.41) is 3.35. The van der Waals surface area contributed by atoms with Gasteiger partial charge in [-0.05, 0) is 30.2 Å². The SMILES string of the molecule is COCCc1ccccc1Nc1ccc(C(N)=S)nc1. The molecule has 1 aromatic carbocycles. The number of aromatic nitrogens is 1. The number of methoxy groups -OCH3 is 1. The van der Waals surface area contributed by atoms with Gasteiger partial charge in [0.05, 0.1) is 24.2 Å². The highest BCUT2D eigenvalue weighted by molar-refractivity contribution is 7.80. The zero-order valence-electron chi connectivity index (χ0n) is 11.3. The smallest absolute Gasteiger partial charge is 0.122 e. The van der Waals surface area contributed by atoms with Gasteiger partial charge in [0, 0.05) is 12.8 Å². The van der Waals surface area contributed by atoms with Crippen molar-refractivity contribution in [2.24, 2.45) is 5.73 Å². The fourth-order valence-corrected chi connectivity index (χ4v) is 1.96. The number of pyridine rings is 1. The van der Waals surface area contributed by atoms with E-state index in [9.17, 15) is 0 Å². The van der Waals surface area contributed by atoms with Gasteiger partial charge in [0.15, 0.2) is 0 Å². The fraction of sp³-hybridized carbons (Fsp3) is 0.200. The average molecular weight is 287 g/mol. The lowest BCUT2D eigenvalue weighted by Crippen LogP contribution is -2.11. The molecule has 0 aliphatic rings. The molecule has 20 heavy (non-hydrogen) atoms. The van der Waals surface area contributed by atoms with E-state index < -0.39 is 0 Å². The number of para-hydroxylation sites is 1. The first-order valence-corrected chi connectivity index (χ1v) is 6.71. The number of hydrogen-bond donors (Lipinski definition) is 2. The lowest BCUT2D eigenvalue weighted by atomic mass is 10.1. The predicted molar refractivity (Wildman–Crippen MR) is 85.4 cm³/mol. The molecule has 4 nitrogen and oxygen atoms in total. The molecule has 0 aliphatic carbocycles. The summed E-state index contributed by atoms with van der Waals surface area (Å²) in [5.74, 6) is 0. The molecule has 0 amide bonds. The molecule has 0 saturated heterocycles. The first kappa shape index (κ1) is 14.4. The Bertz CT molecular complexity index is 584. The predicted octanol–water partition coefficient (Wildman–Crippen LogP) is 2.65. The van der Waals surface area contributed by atoms with E-state index in [1.54, 1.807) is 13.3 Å². The van der Waals surface area contributed by atoms with Gasteiger partial charge in [-0.2, -0.15) is 0 Å². The van der Waals surface area contributed by atoms with Crippen molar-refractivity contribution in [3.63, 3.8) is 0 Å². The number of nitrogens with zero attached hydrogens (tertiary/aromatic N) is 1. The Kier molecular flexibility index (Phi) is 5.03. The second kappa shape index (κ2) is 6.98. The van der Waals surface area contributed by atoms with Crippen LogP contribution >= 0.6 is 12.2 Å². The van der Waals surface area contributed by atoms with Crippen molar-refractivity contribution in [3.05, 3.63) is 53.9 Å². The van der Waals surface area contributed by atoms with Gasteiger partial charge >= 0.3 is 0 Å². The van der Waals surface area contributed by atoms with Crippen LogP contribution < -0.4 is 11.1 Å². The van der Waals surface area contributed by atoms with E-state index in [4.69, 9.17) is 22.7 Å². The van der Waals surface area contributed by atoms with Crippen LogP contribution in [-0.2, 0) is 11.2 Å². The average Bonchev–Trinajstić information content (AvgIpc) is 2.47. The Balaban J connectivity index is 2.14. The highest BCUT2D eigenvalue weighted by atomic mass is 32.1. The maximum absolute atomic E-state index is 5.53. The molecule has 2 aromatic rings. The number of rotatable bonds is 6. The van der Waals surface area contributed by atoms with Crippen molar-refractivity contribution in [1.29, 1.82) is 0 Å². The van der Waals surface area contributed by atoms with E-state index >= 15 is 0 Å². The van der Waals surface area contributed by atoms with Crippen LogP contribution in [0.1, 0.15) is 11.3 Å². The Morgan fingerprint density at radius 2 is 2.10 bits per heavy atom. The van der Waals surface area contributed by atoms with Crippen LogP contribution in [0.3, 0.4) is 0 Å². The maximum Gasteiger partial charge on any atom is 0.122 e. The van der Waals surface area contributed by atoms with E-state index in [1.165, 1.54) is 5.56 Å². The van der Waals surface area contributed by atoms with Gasteiger partial charge in [-0.25, -0.2) is 0 Å². The zero-order chi connectivity index (χ0) is 14.4. The number of ether oxygens (including phenoxy) is 1. The number of nitrogens with two attached hydrogens (primary N) is 1. The molecular weight excluding hydrogens is 270 g/mol. The van der Waals surface area contributed by atoms with Crippen LogP contribution in [0.4, 0.5) is 11.4 Å².